The zero-order valence-corrected chi connectivity index (χ0v) is 23.0. The van der Waals surface area contributed by atoms with Crippen molar-refractivity contribution in [3.63, 3.8) is 0 Å². The summed E-state index contributed by atoms with van der Waals surface area (Å²) < 4.78 is 33.4. The van der Waals surface area contributed by atoms with Crippen molar-refractivity contribution < 1.29 is 33.0 Å². The number of hydrogen-bond acceptors (Lipinski definition) is 4. The van der Waals surface area contributed by atoms with Crippen LogP contribution >= 0.6 is 0 Å². The first-order chi connectivity index (χ1) is 20.3. The number of carbonyl (C=O) groups is 3. The summed E-state index contributed by atoms with van der Waals surface area (Å²) in [5, 5.41) is 11.9. The highest BCUT2D eigenvalue weighted by Crippen LogP contribution is 2.29. The number of amides is 2. The molecular weight excluding hydrogens is 542 g/mol. The lowest BCUT2D eigenvalue weighted by Gasteiger charge is -2.24. The predicted molar refractivity (Wildman–Crippen MR) is 154 cm³/mol. The quantitative estimate of drug-likeness (QED) is 0.226. The summed E-state index contributed by atoms with van der Waals surface area (Å²) in [5.74, 6) is -2.82. The largest absolute Gasteiger partial charge is 0.497 e. The number of benzene rings is 4. The fourth-order valence-electron chi connectivity index (χ4n) is 4.56. The first kappa shape index (κ1) is 29.9. The standard InChI is InChI=1S/C33H30F2N2O5/c1-42-23-15-13-22(14-16-23)17-19-37(20-18-31(38)39)33(41)27-10-5-3-8-25(27)24-7-2-4-9-26(24)32(40)36-21-28-29(34)11-6-12-30(28)35/h2-16H,17-21H2,1H3,(H,36,40)(H,38,39). The first-order valence-corrected chi connectivity index (χ1v) is 13.3. The van der Waals surface area contributed by atoms with Gasteiger partial charge in [0.25, 0.3) is 11.8 Å². The van der Waals surface area contributed by atoms with Gasteiger partial charge in [-0.15, -0.1) is 0 Å². The Morgan fingerprint density at radius 3 is 2.00 bits per heavy atom. The molecule has 0 saturated carbocycles. The molecule has 9 heteroatoms. The Balaban J connectivity index is 1.60. The number of halogens is 2. The monoisotopic (exact) mass is 572 g/mol. The summed E-state index contributed by atoms with van der Waals surface area (Å²) in [6, 6.07) is 24.3. The van der Waals surface area contributed by atoms with Crippen LogP contribution in [-0.4, -0.2) is 48.0 Å². The van der Waals surface area contributed by atoms with Crippen LogP contribution in [0.15, 0.2) is 91.0 Å². The molecule has 0 heterocycles. The van der Waals surface area contributed by atoms with E-state index >= 15 is 0 Å². The molecule has 0 aromatic heterocycles. The topological polar surface area (TPSA) is 95.9 Å². The van der Waals surface area contributed by atoms with E-state index in [0.29, 0.717) is 23.3 Å². The average molecular weight is 573 g/mol. The second kappa shape index (κ2) is 14.0. The number of nitrogens with zero attached hydrogens (tertiary/aromatic N) is 1. The fourth-order valence-corrected chi connectivity index (χ4v) is 4.56. The Morgan fingerprint density at radius 2 is 1.38 bits per heavy atom. The van der Waals surface area contributed by atoms with Crippen molar-refractivity contribution in [2.75, 3.05) is 20.2 Å². The summed E-state index contributed by atoms with van der Waals surface area (Å²) in [5.41, 5.74) is 2.11. The summed E-state index contributed by atoms with van der Waals surface area (Å²) in [4.78, 5) is 39.9. The lowest BCUT2D eigenvalue weighted by atomic mass is 9.94. The minimum absolute atomic E-state index is 0.00497. The maximum absolute atomic E-state index is 14.1. The minimum Gasteiger partial charge on any atom is -0.497 e. The van der Waals surface area contributed by atoms with Gasteiger partial charge in [-0.1, -0.05) is 54.6 Å². The number of ether oxygens (including phenoxy) is 1. The third-order valence-corrected chi connectivity index (χ3v) is 6.82. The molecule has 0 spiro atoms. The van der Waals surface area contributed by atoms with E-state index in [9.17, 15) is 28.3 Å². The first-order valence-electron chi connectivity index (χ1n) is 13.3. The molecule has 4 rings (SSSR count). The van der Waals surface area contributed by atoms with E-state index in [-0.39, 0.29) is 48.7 Å². The van der Waals surface area contributed by atoms with Crippen molar-refractivity contribution in [3.05, 3.63) is 125 Å². The molecule has 2 amide bonds. The van der Waals surface area contributed by atoms with E-state index in [1.165, 1.54) is 11.0 Å². The Bertz CT molecular complexity index is 1550. The van der Waals surface area contributed by atoms with Gasteiger partial charge >= 0.3 is 5.97 Å². The van der Waals surface area contributed by atoms with Gasteiger partial charge in [0.15, 0.2) is 0 Å². The Morgan fingerprint density at radius 1 is 0.786 bits per heavy atom. The van der Waals surface area contributed by atoms with Gasteiger partial charge in [0, 0.05) is 36.3 Å². The number of rotatable bonds is 12. The Labute approximate surface area is 242 Å². The molecule has 0 bridgehead atoms. The lowest BCUT2D eigenvalue weighted by Crippen LogP contribution is -2.35. The van der Waals surface area contributed by atoms with Crippen molar-refractivity contribution in [1.82, 2.24) is 10.2 Å². The van der Waals surface area contributed by atoms with E-state index in [1.54, 1.807) is 55.6 Å². The van der Waals surface area contributed by atoms with Crippen molar-refractivity contribution in [2.45, 2.75) is 19.4 Å². The van der Waals surface area contributed by atoms with Gasteiger partial charge in [-0.25, -0.2) is 8.78 Å². The summed E-state index contributed by atoms with van der Waals surface area (Å²) >= 11 is 0. The summed E-state index contributed by atoms with van der Waals surface area (Å²) in [6.07, 6.45) is 0.255. The normalized spacial score (nSPS) is 10.6. The predicted octanol–water partition coefficient (Wildman–Crippen LogP) is 5.73. The van der Waals surface area contributed by atoms with Crippen LogP contribution in [0.4, 0.5) is 8.78 Å². The third-order valence-electron chi connectivity index (χ3n) is 6.82. The molecule has 42 heavy (non-hydrogen) atoms. The van der Waals surface area contributed by atoms with Gasteiger partial charge in [0.1, 0.15) is 17.4 Å². The summed E-state index contributed by atoms with van der Waals surface area (Å²) in [6.45, 7) is -0.0985. The van der Waals surface area contributed by atoms with Crippen molar-refractivity contribution in [2.24, 2.45) is 0 Å². The third kappa shape index (κ3) is 7.37. The van der Waals surface area contributed by atoms with Gasteiger partial charge in [-0.3, -0.25) is 14.4 Å². The number of methoxy groups -OCH3 is 1. The van der Waals surface area contributed by atoms with E-state index in [4.69, 9.17) is 4.74 Å². The summed E-state index contributed by atoms with van der Waals surface area (Å²) in [7, 11) is 1.57. The second-order valence-electron chi connectivity index (χ2n) is 9.51. The number of hydrogen-bond donors (Lipinski definition) is 2. The maximum Gasteiger partial charge on any atom is 0.305 e. The van der Waals surface area contributed by atoms with Crippen molar-refractivity contribution in [1.29, 1.82) is 0 Å². The smallest absolute Gasteiger partial charge is 0.305 e. The molecule has 4 aromatic carbocycles. The Kier molecular flexibility index (Phi) is 9.99. The zero-order chi connectivity index (χ0) is 30.1. The van der Waals surface area contributed by atoms with Crippen molar-refractivity contribution >= 4 is 17.8 Å². The number of aliphatic carboxylic acids is 1. The molecule has 0 atom stereocenters. The minimum atomic E-state index is -1.03. The van der Waals surface area contributed by atoms with Crippen molar-refractivity contribution in [3.8, 4) is 16.9 Å². The van der Waals surface area contributed by atoms with E-state index < -0.39 is 23.5 Å². The number of carboxylic acids is 1. The van der Waals surface area contributed by atoms with Crippen LogP contribution in [-0.2, 0) is 17.8 Å². The molecule has 0 aliphatic rings. The highest BCUT2D eigenvalue weighted by atomic mass is 19.1. The van der Waals surface area contributed by atoms with E-state index in [0.717, 1.165) is 17.7 Å². The highest BCUT2D eigenvalue weighted by Gasteiger charge is 2.23. The van der Waals surface area contributed by atoms with Gasteiger partial charge in [0.2, 0.25) is 0 Å². The van der Waals surface area contributed by atoms with Crippen LogP contribution < -0.4 is 10.1 Å². The molecule has 7 nitrogen and oxygen atoms in total. The molecule has 0 aliphatic heterocycles. The van der Waals surface area contributed by atoms with Crippen LogP contribution in [0.3, 0.4) is 0 Å². The molecule has 2 N–H and O–H groups in total. The van der Waals surface area contributed by atoms with Crippen LogP contribution in [0, 0.1) is 11.6 Å². The zero-order valence-electron chi connectivity index (χ0n) is 23.0. The molecule has 0 fully saturated rings. The van der Waals surface area contributed by atoms with E-state index in [1.807, 2.05) is 24.3 Å². The van der Waals surface area contributed by atoms with Gasteiger partial charge in [-0.2, -0.15) is 0 Å². The molecule has 0 radical (unpaired) electrons. The van der Waals surface area contributed by atoms with Crippen LogP contribution in [0.2, 0.25) is 0 Å². The number of nitrogens with one attached hydrogen (secondary N) is 1. The van der Waals surface area contributed by atoms with Gasteiger partial charge in [-0.05, 0) is 59.5 Å². The SMILES string of the molecule is COc1ccc(CCN(CCC(=O)O)C(=O)c2ccccc2-c2ccccc2C(=O)NCc2c(F)cccc2F)cc1. The molecule has 0 aliphatic carbocycles. The highest BCUT2D eigenvalue weighted by molar-refractivity contribution is 6.06. The average Bonchev–Trinajstić information content (AvgIpc) is 3.00. The van der Waals surface area contributed by atoms with Crippen LogP contribution in [0.25, 0.3) is 11.1 Å². The number of carbonyl (C=O) groups excluding carboxylic acids is 2. The van der Waals surface area contributed by atoms with Gasteiger partial charge < -0.3 is 20.1 Å². The van der Waals surface area contributed by atoms with Gasteiger partial charge in [0.05, 0.1) is 13.5 Å². The molecule has 4 aromatic rings. The lowest BCUT2D eigenvalue weighted by molar-refractivity contribution is -0.137. The van der Waals surface area contributed by atoms with Crippen LogP contribution in [0.5, 0.6) is 5.75 Å². The van der Waals surface area contributed by atoms with E-state index in [2.05, 4.69) is 5.32 Å². The fraction of sp³-hybridized carbons (Fsp3) is 0.182. The molecule has 216 valence electrons. The second-order valence-corrected chi connectivity index (χ2v) is 9.51. The molecule has 0 saturated heterocycles. The Hall–Kier alpha value is -5.05. The number of carboxylic acid groups (broad SMARTS) is 1. The molecule has 0 unspecified atom stereocenters. The maximum atomic E-state index is 14.1. The molecular formula is C33H30F2N2O5. The van der Waals surface area contributed by atoms with Crippen LogP contribution in [0.1, 0.15) is 38.3 Å².